The maximum absolute atomic E-state index is 14.0. The summed E-state index contributed by atoms with van der Waals surface area (Å²) in [5.41, 5.74) is 0.405. The van der Waals surface area contributed by atoms with Gasteiger partial charge in [0.15, 0.2) is 5.71 Å². The molecule has 6 nitrogen and oxygen atoms in total. The first-order valence-corrected chi connectivity index (χ1v) is 12.3. The summed E-state index contributed by atoms with van der Waals surface area (Å²) in [6.07, 6.45) is -1.81. The van der Waals surface area contributed by atoms with Crippen molar-refractivity contribution >= 4 is 27.5 Å². The van der Waals surface area contributed by atoms with Gasteiger partial charge in [0, 0.05) is 25.8 Å². The van der Waals surface area contributed by atoms with Crippen molar-refractivity contribution in [3.63, 3.8) is 0 Å². The van der Waals surface area contributed by atoms with Crippen molar-refractivity contribution in [3.8, 4) is 0 Å². The molecule has 1 atom stereocenters. The highest BCUT2D eigenvalue weighted by molar-refractivity contribution is 7.85. The molecule has 0 aliphatic carbocycles. The molecule has 0 bridgehead atoms. The van der Waals surface area contributed by atoms with E-state index in [9.17, 15) is 26.4 Å². The molecule has 1 aliphatic rings. The van der Waals surface area contributed by atoms with Gasteiger partial charge in [0.05, 0.1) is 22.3 Å². The van der Waals surface area contributed by atoms with Crippen molar-refractivity contribution in [1.29, 1.82) is 0 Å². The van der Waals surface area contributed by atoms with Crippen LogP contribution in [0, 0.1) is 6.92 Å². The lowest BCUT2D eigenvalue weighted by Gasteiger charge is -2.25. The molecular weight excluding hydrogens is 447 g/mol. The quantitative estimate of drug-likeness (QED) is 0.262. The van der Waals surface area contributed by atoms with E-state index in [-0.39, 0.29) is 18.4 Å². The summed E-state index contributed by atoms with van der Waals surface area (Å²) in [4.78, 5) is 10.7. The predicted octanol–water partition coefficient (Wildman–Crippen LogP) is 5.09. The van der Waals surface area contributed by atoms with E-state index < -0.39 is 39.0 Å². The third-order valence-corrected chi connectivity index (χ3v) is 7.02. The Morgan fingerprint density at radius 1 is 1.09 bits per heavy atom. The molecule has 0 saturated carbocycles. The monoisotopic (exact) mass is 478 g/mol. The number of benzene rings is 1. The predicted molar refractivity (Wildman–Crippen MR) is 115 cm³/mol. The van der Waals surface area contributed by atoms with Crippen molar-refractivity contribution in [1.82, 2.24) is 0 Å². The van der Waals surface area contributed by atoms with Gasteiger partial charge in [-0.05, 0) is 44.7 Å². The third-order valence-electron chi connectivity index (χ3n) is 6.21. The van der Waals surface area contributed by atoms with E-state index in [1.807, 2.05) is 4.58 Å². The number of aryl methyl sites for hydroxylation is 1. The minimum atomic E-state index is -4.53. The number of fused-ring (bicyclic) bond motifs is 1. The Hall–Kier alpha value is -1.94. The van der Waals surface area contributed by atoms with Crippen LogP contribution in [0.3, 0.4) is 0 Å². The van der Waals surface area contributed by atoms with Gasteiger partial charge in [0.1, 0.15) is 6.54 Å². The Morgan fingerprint density at radius 3 is 2.31 bits per heavy atom. The summed E-state index contributed by atoms with van der Waals surface area (Å²) in [5.74, 6) is -1.29. The maximum Gasteiger partial charge on any atom is 0.416 e. The van der Waals surface area contributed by atoms with Crippen LogP contribution >= 0.6 is 0 Å². The van der Waals surface area contributed by atoms with E-state index >= 15 is 0 Å². The standard InChI is InChI=1S/C22H30F3NO5S/c1-15-13-17(22(23,24)25)20-18(14-15)26(11-7-8-12-32(29,30)31)16(2)21(20,3)10-6-4-5-9-19(27)28/h13-14H,4-12H2,1-3H3,(H-,27,28,29,30,31)/p+1. The van der Waals surface area contributed by atoms with Gasteiger partial charge < -0.3 is 5.11 Å². The summed E-state index contributed by atoms with van der Waals surface area (Å²) >= 11 is 0. The van der Waals surface area contributed by atoms with Crippen LogP contribution in [-0.4, -0.2) is 46.6 Å². The van der Waals surface area contributed by atoms with Crippen molar-refractivity contribution in [2.75, 3.05) is 12.3 Å². The highest BCUT2D eigenvalue weighted by Crippen LogP contribution is 2.49. The SMILES string of the molecule is CC1=[N+](CCCCS(=O)(=O)O)c2cc(C)cc(C(F)(F)F)c2C1(C)CCCCCC(=O)O. The van der Waals surface area contributed by atoms with Crippen molar-refractivity contribution in [3.05, 3.63) is 28.8 Å². The number of carboxylic acid groups (broad SMARTS) is 1. The van der Waals surface area contributed by atoms with Gasteiger partial charge >= 0.3 is 12.1 Å². The first kappa shape index (κ1) is 26.3. The summed E-state index contributed by atoms with van der Waals surface area (Å²) in [6, 6.07) is 2.89. The maximum atomic E-state index is 14.0. The average Bonchev–Trinajstić information content (AvgIpc) is 2.84. The number of nitrogens with zero attached hydrogens (tertiary/aromatic N) is 1. The smallest absolute Gasteiger partial charge is 0.416 e. The molecule has 0 saturated heterocycles. The lowest BCUT2D eigenvalue weighted by molar-refractivity contribution is -0.439. The molecule has 2 N–H and O–H groups in total. The Labute approximate surface area is 186 Å². The zero-order valence-corrected chi connectivity index (χ0v) is 19.4. The fourth-order valence-corrected chi connectivity index (χ4v) is 5.09. The van der Waals surface area contributed by atoms with E-state index in [2.05, 4.69) is 0 Å². The molecule has 1 heterocycles. The molecule has 0 spiro atoms. The molecule has 10 heteroatoms. The number of rotatable bonds is 11. The van der Waals surface area contributed by atoms with E-state index in [4.69, 9.17) is 9.66 Å². The molecule has 0 amide bonds. The molecule has 180 valence electrons. The number of unbranched alkanes of at least 4 members (excludes halogenated alkanes) is 3. The van der Waals surface area contributed by atoms with E-state index in [1.54, 1.807) is 26.8 Å². The lowest BCUT2D eigenvalue weighted by Crippen LogP contribution is -2.32. The molecule has 1 aromatic rings. The molecule has 0 aromatic heterocycles. The molecule has 1 aliphatic heterocycles. The summed E-state index contributed by atoms with van der Waals surface area (Å²) < 4.78 is 74.7. The Morgan fingerprint density at radius 2 is 1.75 bits per heavy atom. The minimum Gasteiger partial charge on any atom is -0.481 e. The third kappa shape index (κ3) is 6.31. The summed E-state index contributed by atoms with van der Waals surface area (Å²) in [6.45, 7) is 5.54. The van der Waals surface area contributed by atoms with E-state index in [0.29, 0.717) is 49.9 Å². The molecular formula is C22H31F3NO5S+. The number of aliphatic carboxylic acids is 1. The second kappa shape index (κ2) is 9.91. The van der Waals surface area contributed by atoms with E-state index in [1.165, 1.54) is 0 Å². The summed E-state index contributed by atoms with van der Waals surface area (Å²) in [7, 11) is -4.09. The number of carbonyl (C=O) groups is 1. The normalized spacial score (nSPS) is 18.8. The van der Waals surface area contributed by atoms with Crippen molar-refractivity contribution < 1.29 is 40.6 Å². The number of halogens is 3. The lowest BCUT2D eigenvalue weighted by atomic mass is 9.73. The Kier molecular flexibility index (Phi) is 8.15. The van der Waals surface area contributed by atoms with Gasteiger partial charge in [-0.25, -0.2) is 0 Å². The molecule has 0 radical (unpaired) electrons. The second-order valence-electron chi connectivity index (χ2n) is 8.72. The topological polar surface area (TPSA) is 94.7 Å². The van der Waals surface area contributed by atoms with Crippen LogP contribution < -0.4 is 0 Å². The van der Waals surface area contributed by atoms with Crippen LogP contribution in [0.25, 0.3) is 0 Å². The zero-order chi connectivity index (χ0) is 24.3. The van der Waals surface area contributed by atoms with Crippen LogP contribution in [0.2, 0.25) is 0 Å². The van der Waals surface area contributed by atoms with Crippen LogP contribution in [0.1, 0.15) is 75.5 Å². The largest absolute Gasteiger partial charge is 0.481 e. The number of carboxylic acids is 1. The van der Waals surface area contributed by atoms with E-state index in [0.717, 1.165) is 11.8 Å². The fraction of sp³-hybridized carbons (Fsp3) is 0.636. The Balaban J connectivity index is 2.39. The fourth-order valence-electron chi connectivity index (χ4n) is 4.52. The minimum absolute atomic E-state index is 0.0306. The van der Waals surface area contributed by atoms with Crippen molar-refractivity contribution in [2.45, 2.75) is 77.3 Å². The van der Waals surface area contributed by atoms with Gasteiger partial charge in [0.2, 0.25) is 5.69 Å². The highest BCUT2D eigenvalue weighted by atomic mass is 32.2. The Bertz CT molecular complexity index is 1000. The molecule has 1 aromatic carbocycles. The molecule has 32 heavy (non-hydrogen) atoms. The van der Waals surface area contributed by atoms with Gasteiger partial charge in [0.25, 0.3) is 10.1 Å². The van der Waals surface area contributed by atoms with Gasteiger partial charge in [-0.15, -0.1) is 0 Å². The average molecular weight is 479 g/mol. The summed E-state index contributed by atoms with van der Waals surface area (Å²) in [5, 5.41) is 8.80. The molecule has 2 rings (SSSR count). The first-order valence-electron chi connectivity index (χ1n) is 10.7. The van der Waals surface area contributed by atoms with Crippen molar-refractivity contribution in [2.24, 2.45) is 0 Å². The molecule has 1 unspecified atom stereocenters. The van der Waals surface area contributed by atoms with Crippen LogP contribution in [0.15, 0.2) is 12.1 Å². The molecule has 0 fully saturated rings. The van der Waals surface area contributed by atoms with Crippen LogP contribution in [0.5, 0.6) is 0 Å². The zero-order valence-electron chi connectivity index (χ0n) is 18.6. The van der Waals surface area contributed by atoms with Crippen LogP contribution in [-0.2, 0) is 26.5 Å². The number of hydrogen-bond donors (Lipinski definition) is 2. The number of hydrogen-bond acceptors (Lipinski definition) is 3. The van der Waals surface area contributed by atoms with Crippen LogP contribution in [0.4, 0.5) is 18.9 Å². The van der Waals surface area contributed by atoms with Gasteiger partial charge in [-0.3, -0.25) is 9.35 Å². The first-order chi connectivity index (χ1) is 14.7. The highest BCUT2D eigenvalue weighted by Gasteiger charge is 2.51. The van der Waals surface area contributed by atoms with Gasteiger partial charge in [-0.2, -0.15) is 26.2 Å². The second-order valence-corrected chi connectivity index (χ2v) is 10.3. The number of alkyl halides is 3. The van der Waals surface area contributed by atoms with Gasteiger partial charge in [-0.1, -0.05) is 12.8 Å².